The highest BCUT2D eigenvalue weighted by Gasteiger charge is 2.33. The Morgan fingerprint density at radius 3 is 2.52 bits per heavy atom. The molecule has 2 heterocycles. The molecule has 25 heavy (non-hydrogen) atoms. The van der Waals surface area contributed by atoms with Crippen LogP contribution < -0.4 is 10.2 Å². The van der Waals surface area contributed by atoms with Gasteiger partial charge < -0.3 is 10.2 Å². The maximum Gasteiger partial charge on any atom is 0.228 e. The molecule has 0 saturated carbocycles. The summed E-state index contributed by atoms with van der Waals surface area (Å²) in [5, 5.41) is 2.95. The minimum Gasteiger partial charge on any atom is -0.339 e. The number of fused-ring (bicyclic) bond motifs is 1. The minimum absolute atomic E-state index is 0.0481. The monoisotopic (exact) mass is 356 g/mol. The lowest BCUT2D eigenvalue weighted by Gasteiger charge is -2.23. The molecule has 1 amide bonds. The van der Waals surface area contributed by atoms with Gasteiger partial charge in [-0.1, -0.05) is 30.3 Å². The third-order valence-corrected chi connectivity index (χ3v) is 6.71. The highest BCUT2D eigenvalue weighted by Crippen LogP contribution is 2.38. The number of hydrogen-bond donors (Lipinski definition) is 1. The molecule has 0 spiro atoms. The second kappa shape index (κ2) is 6.19. The number of benzene rings is 2. The van der Waals surface area contributed by atoms with E-state index in [0.29, 0.717) is 6.42 Å². The molecular formula is C19H20N2O3S. The number of hydrogen-bond acceptors (Lipinski definition) is 4. The van der Waals surface area contributed by atoms with Gasteiger partial charge in [-0.25, -0.2) is 8.42 Å². The van der Waals surface area contributed by atoms with E-state index in [-0.39, 0.29) is 17.4 Å². The molecule has 1 N–H and O–H groups in total. The van der Waals surface area contributed by atoms with Gasteiger partial charge in [-0.2, -0.15) is 0 Å². The first-order chi connectivity index (χ1) is 12.0. The van der Waals surface area contributed by atoms with Crippen molar-refractivity contribution in [3.05, 3.63) is 54.1 Å². The van der Waals surface area contributed by atoms with Crippen LogP contribution in [0.15, 0.2) is 48.5 Å². The average Bonchev–Trinajstić information content (AvgIpc) is 3.18. The van der Waals surface area contributed by atoms with Crippen molar-refractivity contribution in [3.63, 3.8) is 0 Å². The average molecular weight is 356 g/mol. The highest BCUT2D eigenvalue weighted by atomic mass is 32.2. The molecule has 2 aromatic carbocycles. The normalized spacial score (nSPS) is 21.1. The molecular weight excluding hydrogens is 336 g/mol. The zero-order valence-electron chi connectivity index (χ0n) is 13.8. The Kier molecular flexibility index (Phi) is 4.00. The Hall–Kier alpha value is -2.34. The molecule has 2 aliphatic heterocycles. The molecule has 0 unspecified atom stereocenters. The van der Waals surface area contributed by atoms with Crippen LogP contribution in [0.1, 0.15) is 12.0 Å². The van der Waals surface area contributed by atoms with Gasteiger partial charge in [0.05, 0.1) is 28.8 Å². The fraction of sp³-hybridized carbons (Fsp3) is 0.316. The smallest absolute Gasteiger partial charge is 0.228 e. The maximum absolute atomic E-state index is 12.5. The molecule has 0 radical (unpaired) electrons. The largest absolute Gasteiger partial charge is 0.339 e. The summed E-state index contributed by atoms with van der Waals surface area (Å²) >= 11 is 0. The number of sulfone groups is 1. The first-order valence-electron chi connectivity index (χ1n) is 8.49. The van der Waals surface area contributed by atoms with Gasteiger partial charge in [0.25, 0.3) is 0 Å². The molecule has 4 rings (SSSR count). The van der Waals surface area contributed by atoms with Gasteiger partial charge in [0.15, 0.2) is 9.84 Å². The van der Waals surface area contributed by atoms with Gasteiger partial charge in [0.2, 0.25) is 5.91 Å². The van der Waals surface area contributed by atoms with Crippen LogP contribution in [0.3, 0.4) is 0 Å². The molecule has 0 bridgehead atoms. The standard InChI is InChI=1S/C19H20N2O3S/c22-19(15-10-12-25(23,24)13-15)20-16-6-2-4-8-18(16)21-11-9-14-5-1-3-7-17(14)21/h1-8,15H,9-13H2,(H,20,22)/t15-/m1/s1. The van der Waals surface area contributed by atoms with Gasteiger partial charge in [0, 0.05) is 12.2 Å². The van der Waals surface area contributed by atoms with Crippen molar-refractivity contribution < 1.29 is 13.2 Å². The Balaban J connectivity index is 1.59. The number of para-hydroxylation sites is 3. The van der Waals surface area contributed by atoms with E-state index >= 15 is 0 Å². The third kappa shape index (κ3) is 3.14. The van der Waals surface area contributed by atoms with Crippen LogP contribution in [0.2, 0.25) is 0 Å². The number of carbonyl (C=O) groups is 1. The quantitative estimate of drug-likeness (QED) is 0.918. The zero-order chi connectivity index (χ0) is 17.4. The number of amides is 1. The molecule has 130 valence electrons. The summed E-state index contributed by atoms with van der Waals surface area (Å²) in [6.45, 7) is 0.865. The van der Waals surface area contributed by atoms with Crippen LogP contribution in [0.5, 0.6) is 0 Å². The van der Waals surface area contributed by atoms with Crippen molar-refractivity contribution in [2.24, 2.45) is 5.92 Å². The fourth-order valence-corrected chi connectivity index (χ4v) is 5.38. The van der Waals surface area contributed by atoms with E-state index in [1.54, 1.807) is 0 Å². The second-order valence-corrected chi connectivity index (χ2v) is 8.87. The van der Waals surface area contributed by atoms with Crippen LogP contribution in [-0.2, 0) is 21.1 Å². The van der Waals surface area contributed by atoms with E-state index in [9.17, 15) is 13.2 Å². The molecule has 0 aliphatic carbocycles. The van der Waals surface area contributed by atoms with Gasteiger partial charge in [-0.3, -0.25) is 4.79 Å². The van der Waals surface area contributed by atoms with E-state index < -0.39 is 15.8 Å². The number of rotatable bonds is 3. The van der Waals surface area contributed by atoms with E-state index in [2.05, 4.69) is 22.3 Å². The molecule has 2 aromatic rings. The van der Waals surface area contributed by atoms with Crippen LogP contribution in [0.4, 0.5) is 17.1 Å². The Morgan fingerprint density at radius 2 is 1.76 bits per heavy atom. The molecule has 1 fully saturated rings. The number of anilines is 3. The van der Waals surface area contributed by atoms with E-state index in [0.717, 1.165) is 30.0 Å². The molecule has 2 aliphatic rings. The van der Waals surface area contributed by atoms with Gasteiger partial charge in [-0.15, -0.1) is 0 Å². The second-order valence-electron chi connectivity index (χ2n) is 6.64. The fourth-order valence-electron chi connectivity index (χ4n) is 3.64. The SMILES string of the molecule is O=C(Nc1ccccc1N1CCc2ccccc21)[C@@H]1CCS(=O)(=O)C1. The lowest BCUT2D eigenvalue weighted by atomic mass is 10.1. The van der Waals surface area contributed by atoms with Crippen molar-refractivity contribution in [2.45, 2.75) is 12.8 Å². The molecule has 6 heteroatoms. The van der Waals surface area contributed by atoms with Gasteiger partial charge in [-0.05, 0) is 36.6 Å². The van der Waals surface area contributed by atoms with Crippen molar-refractivity contribution in [3.8, 4) is 0 Å². The lowest BCUT2D eigenvalue weighted by Crippen LogP contribution is -2.25. The molecule has 1 atom stereocenters. The van der Waals surface area contributed by atoms with Crippen LogP contribution in [-0.4, -0.2) is 32.4 Å². The van der Waals surface area contributed by atoms with Crippen molar-refractivity contribution in [2.75, 3.05) is 28.3 Å². The predicted octanol–water partition coefficient (Wildman–Crippen LogP) is 2.75. The third-order valence-electron chi connectivity index (χ3n) is 4.94. The van der Waals surface area contributed by atoms with E-state index in [1.807, 2.05) is 36.4 Å². The van der Waals surface area contributed by atoms with Crippen molar-refractivity contribution >= 4 is 32.8 Å². The summed E-state index contributed by atoms with van der Waals surface area (Å²) in [4.78, 5) is 14.7. The number of nitrogens with one attached hydrogen (secondary N) is 1. The molecule has 0 aromatic heterocycles. The Morgan fingerprint density at radius 1 is 1.04 bits per heavy atom. The first-order valence-corrected chi connectivity index (χ1v) is 10.3. The molecule has 5 nitrogen and oxygen atoms in total. The number of nitrogens with zero attached hydrogens (tertiary/aromatic N) is 1. The Labute approximate surface area is 147 Å². The predicted molar refractivity (Wildman–Crippen MR) is 99.0 cm³/mol. The zero-order valence-corrected chi connectivity index (χ0v) is 14.6. The van der Waals surface area contributed by atoms with Crippen molar-refractivity contribution in [1.82, 2.24) is 0 Å². The summed E-state index contributed by atoms with van der Waals surface area (Å²) in [6, 6.07) is 16.0. The summed E-state index contributed by atoms with van der Waals surface area (Å²) in [5.41, 5.74) is 4.13. The van der Waals surface area contributed by atoms with E-state index in [4.69, 9.17) is 0 Å². The van der Waals surface area contributed by atoms with Gasteiger partial charge >= 0.3 is 0 Å². The van der Waals surface area contributed by atoms with Crippen molar-refractivity contribution in [1.29, 1.82) is 0 Å². The van der Waals surface area contributed by atoms with Crippen LogP contribution in [0.25, 0.3) is 0 Å². The first kappa shape index (κ1) is 16.1. The topological polar surface area (TPSA) is 66.5 Å². The van der Waals surface area contributed by atoms with E-state index in [1.165, 1.54) is 5.56 Å². The van der Waals surface area contributed by atoms with Gasteiger partial charge in [0.1, 0.15) is 0 Å². The minimum atomic E-state index is -3.07. The maximum atomic E-state index is 12.5. The summed E-state index contributed by atoms with van der Waals surface area (Å²) in [7, 11) is -3.07. The van der Waals surface area contributed by atoms with Crippen LogP contribution in [0, 0.1) is 5.92 Å². The molecule has 1 saturated heterocycles. The highest BCUT2D eigenvalue weighted by molar-refractivity contribution is 7.91. The summed E-state index contributed by atoms with van der Waals surface area (Å²) < 4.78 is 23.2. The number of carbonyl (C=O) groups excluding carboxylic acids is 1. The summed E-state index contributed by atoms with van der Waals surface area (Å²) in [5.74, 6) is -0.607. The Bertz CT molecular complexity index is 924. The summed E-state index contributed by atoms with van der Waals surface area (Å²) in [6.07, 6.45) is 1.38. The van der Waals surface area contributed by atoms with Crippen LogP contribution >= 0.6 is 0 Å². The lowest BCUT2D eigenvalue weighted by molar-refractivity contribution is -0.119.